The Hall–Kier alpha value is -0.810. The Bertz CT molecular complexity index is 239. The van der Waals surface area contributed by atoms with E-state index in [9.17, 15) is 22.4 Å². The number of alkyl halides is 4. The first kappa shape index (κ1) is 13.3. The summed E-state index contributed by atoms with van der Waals surface area (Å²) in [7, 11) is 0. The van der Waals surface area contributed by atoms with Crippen LogP contribution in [0.4, 0.5) is 17.6 Å². The minimum Gasteiger partial charge on any atom is -0.351 e. The van der Waals surface area contributed by atoms with Crippen molar-refractivity contribution in [2.45, 2.75) is 44.5 Å². The molecule has 16 heavy (non-hydrogen) atoms. The molecule has 1 aliphatic rings. The van der Waals surface area contributed by atoms with Gasteiger partial charge in [-0.25, -0.2) is 8.78 Å². The highest BCUT2D eigenvalue weighted by Gasteiger charge is 2.48. The molecule has 0 spiro atoms. The molecule has 0 atom stereocenters. The molecule has 0 aromatic carbocycles. The summed E-state index contributed by atoms with van der Waals surface area (Å²) >= 11 is 0. The molecular weight excluding hydrogens is 226 g/mol. The fourth-order valence-electron chi connectivity index (χ4n) is 1.91. The number of halogens is 4. The molecule has 0 aromatic rings. The van der Waals surface area contributed by atoms with E-state index in [4.69, 9.17) is 0 Å². The van der Waals surface area contributed by atoms with Crippen LogP contribution in [-0.4, -0.2) is 24.8 Å². The summed E-state index contributed by atoms with van der Waals surface area (Å²) in [5, 5.41) is 1.86. The lowest BCUT2D eigenvalue weighted by molar-refractivity contribution is -0.169. The molecular formula is C10H15F4NO. The Morgan fingerprint density at radius 2 is 1.88 bits per heavy atom. The van der Waals surface area contributed by atoms with Gasteiger partial charge >= 0.3 is 12.3 Å². The van der Waals surface area contributed by atoms with Gasteiger partial charge in [-0.15, -0.1) is 0 Å². The van der Waals surface area contributed by atoms with Crippen LogP contribution >= 0.6 is 0 Å². The van der Waals surface area contributed by atoms with Gasteiger partial charge in [-0.05, 0) is 12.3 Å². The minimum absolute atomic E-state index is 0.0474. The third-order valence-electron chi connectivity index (χ3n) is 2.89. The van der Waals surface area contributed by atoms with E-state index < -0.39 is 18.3 Å². The van der Waals surface area contributed by atoms with Crippen molar-refractivity contribution >= 4 is 5.91 Å². The predicted molar refractivity (Wildman–Crippen MR) is 50.5 cm³/mol. The van der Waals surface area contributed by atoms with Crippen LogP contribution in [0.3, 0.4) is 0 Å². The van der Waals surface area contributed by atoms with Gasteiger partial charge < -0.3 is 5.32 Å². The molecule has 1 fully saturated rings. The summed E-state index contributed by atoms with van der Waals surface area (Å²) in [6.45, 7) is 0.0474. The number of amides is 1. The van der Waals surface area contributed by atoms with Gasteiger partial charge in [0.2, 0.25) is 0 Å². The van der Waals surface area contributed by atoms with E-state index in [0.29, 0.717) is 12.3 Å². The van der Waals surface area contributed by atoms with Crippen LogP contribution in [0.5, 0.6) is 0 Å². The van der Waals surface area contributed by atoms with Gasteiger partial charge in [0.05, 0.1) is 0 Å². The van der Waals surface area contributed by atoms with Crippen LogP contribution in [0.2, 0.25) is 0 Å². The Morgan fingerprint density at radius 1 is 1.31 bits per heavy atom. The average molecular weight is 241 g/mol. The van der Waals surface area contributed by atoms with Gasteiger partial charge in [0.25, 0.3) is 5.91 Å². The van der Waals surface area contributed by atoms with Crippen molar-refractivity contribution in [2.24, 2.45) is 5.92 Å². The maximum Gasteiger partial charge on any atom is 0.383 e. The molecule has 94 valence electrons. The van der Waals surface area contributed by atoms with Crippen LogP contribution in [-0.2, 0) is 4.79 Å². The third-order valence-corrected chi connectivity index (χ3v) is 2.89. The lowest BCUT2D eigenvalue weighted by Gasteiger charge is -2.15. The zero-order chi connectivity index (χ0) is 12.2. The largest absolute Gasteiger partial charge is 0.383 e. The van der Waals surface area contributed by atoms with E-state index in [0.717, 1.165) is 25.7 Å². The highest BCUT2D eigenvalue weighted by molar-refractivity contribution is 5.83. The fraction of sp³-hybridized carbons (Fsp3) is 0.900. The summed E-state index contributed by atoms with van der Waals surface area (Å²) in [5.41, 5.74) is 0. The standard InChI is InChI=1S/C10H15F4NO/c11-8(12)10(13,14)9(16)15-6-5-7-3-1-2-4-7/h7-8H,1-6H2,(H,15,16). The van der Waals surface area contributed by atoms with Gasteiger partial charge in [0.1, 0.15) is 0 Å². The number of carbonyl (C=O) groups excluding carboxylic acids is 1. The van der Waals surface area contributed by atoms with E-state index in [1.807, 2.05) is 5.32 Å². The SMILES string of the molecule is O=C(NCCC1CCCC1)C(F)(F)C(F)F. The van der Waals surface area contributed by atoms with Crippen LogP contribution < -0.4 is 5.32 Å². The van der Waals surface area contributed by atoms with E-state index in [-0.39, 0.29) is 6.54 Å². The molecule has 1 saturated carbocycles. The van der Waals surface area contributed by atoms with Crippen LogP contribution in [0, 0.1) is 5.92 Å². The summed E-state index contributed by atoms with van der Waals surface area (Å²) in [6.07, 6.45) is 0.934. The molecule has 0 saturated heterocycles. The van der Waals surface area contributed by atoms with Crippen LogP contribution in [0.25, 0.3) is 0 Å². The number of rotatable bonds is 5. The minimum atomic E-state index is -4.57. The second kappa shape index (κ2) is 5.50. The number of hydrogen-bond donors (Lipinski definition) is 1. The predicted octanol–water partition coefficient (Wildman–Crippen LogP) is 2.58. The first-order valence-corrected chi connectivity index (χ1v) is 5.39. The summed E-state index contributed by atoms with van der Waals surface area (Å²) in [4.78, 5) is 10.7. The van der Waals surface area contributed by atoms with Crippen molar-refractivity contribution in [3.05, 3.63) is 0 Å². The number of carbonyl (C=O) groups is 1. The monoisotopic (exact) mass is 241 g/mol. The normalized spacial score (nSPS) is 18.1. The molecule has 0 bridgehead atoms. The molecule has 2 nitrogen and oxygen atoms in total. The van der Waals surface area contributed by atoms with Gasteiger partial charge in [-0.1, -0.05) is 25.7 Å². The Morgan fingerprint density at radius 3 is 2.38 bits per heavy atom. The topological polar surface area (TPSA) is 29.1 Å². The van der Waals surface area contributed by atoms with Crippen molar-refractivity contribution in [3.63, 3.8) is 0 Å². The molecule has 0 aliphatic heterocycles. The maximum atomic E-state index is 12.5. The van der Waals surface area contributed by atoms with Gasteiger partial charge in [0.15, 0.2) is 0 Å². The second-order valence-electron chi connectivity index (χ2n) is 4.12. The first-order chi connectivity index (χ1) is 7.44. The molecule has 1 rings (SSSR count). The molecule has 6 heteroatoms. The van der Waals surface area contributed by atoms with E-state index in [2.05, 4.69) is 0 Å². The van der Waals surface area contributed by atoms with Gasteiger partial charge in [0, 0.05) is 6.54 Å². The zero-order valence-corrected chi connectivity index (χ0v) is 8.82. The fourth-order valence-corrected chi connectivity index (χ4v) is 1.91. The van der Waals surface area contributed by atoms with Gasteiger partial charge in [-0.2, -0.15) is 8.78 Å². The summed E-state index contributed by atoms with van der Waals surface area (Å²) in [6, 6.07) is 0. The highest BCUT2D eigenvalue weighted by atomic mass is 19.3. The smallest absolute Gasteiger partial charge is 0.351 e. The number of hydrogen-bond acceptors (Lipinski definition) is 1. The maximum absolute atomic E-state index is 12.5. The lowest BCUT2D eigenvalue weighted by atomic mass is 10.0. The van der Waals surface area contributed by atoms with Crippen molar-refractivity contribution in [1.29, 1.82) is 0 Å². The Balaban J connectivity index is 2.24. The summed E-state index contributed by atoms with van der Waals surface area (Å²) in [5.74, 6) is -6.02. The van der Waals surface area contributed by atoms with Crippen molar-refractivity contribution < 1.29 is 22.4 Å². The quantitative estimate of drug-likeness (QED) is 0.736. The van der Waals surface area contributed by atoms with E-state index >= 15 is 0 Å². The van der Waals surface area contributed by atoms with Crippen LogP contribution in [0.1, 0.15) is 32.1 Å². The first-order valence-electron chi connectivity index (χ1n) is 5.39. The van der Waals surface area contributed by atoms with E-state index in [1.54, 1.807) is 0 Å². The Labute approximate surface area is 91.4 Å². The highest BCUT2D eigenvalue weighted by Crippen LogP contribution is 2.27. The molecule has 1 N–H and O–H groups in total. The molecule has 1 amide bonds. The Kier molecular flexibility index (Phi) is 4.56. The van der Waals surface area contributed by atoms with Crippen molar-refractivity contribution in [3.8, 4) is 0 Å². The van der Waals surface area contributed by atoms with Crippen molar-refractivity contribution in [2.75, 3.05) is 6.54 Å². The van der Waals surface area contributed by atoms with E-state index in [1.165, 1.54) is 0 Å². The lowest BCUT2D eigenvalue weighted by Crippen LogP contribution is -2.45. The molecule has 1 aliphatic carbocycles. The molecule has 0 aromatic heterocycles. The summed E-state index contributed by atoms with van der Waals surface area (Å²) < 4.78 is 48.5. The van der Waals surface area contributed by atoms with Gasteiger partial charge in [-0.3, -0.25) is 4.79 Å². The third kappa shape index (κ3) is 3.35. The number of nitrogens with one attached hydrogen (secondary N) is 1. The molecule has 0 heterocycles. The average Bonchev–Trinajstić information content (AvgIpc) is 2.70. The van der Waals surface area contributed by atoms with Crippen molar-refractivity contribution in [1.82, 2.24) is 5.32 Å². The van der Waals surface area contributed by atoms with Crippen LogP contribution in [0.15, 0.2) is 0 Å². The molecule has 0 radical (unpaired) electrons. The zero-order valence-electron chi connectivity index (χ0n) is 8.82. The second-order valence-corrected chi connectivity index (χ2v) is 4.12. The molecule has 0 unspecified atom stereocenters.